The summed E-state index contributed by atoms with van der Waals surface area (Å²) in [5, 5.41) is 0. The third-order valence-electron chi connectivity index (χ3n) is 4.21. The van der Waals surface area contributed by atoms with E-state index in [9.17, 15) is 0 Å². The van der Waals surface area contributed by atoms with Crippen LogP contribution in [0.1, 0.15) is 17.9 Å². The fourth-order valence-electron chi connectivity index (χ4n) is 3.06. The van der Waals surface area contributed by atoms with E-state index in [2.05, 4.69) is 38.0 Å². The van der Waals surface area contributed by atoms with Crippen LogP contribution in [0.15, 0.2) is 30.3 Å². The second-order valence-electron chi connectivity index (χ2n) is 5.94. The Morgan fingerprint density at radius 1 is 0.913 bits per heavy atom. The Balaban J connectivity index is 1.71. The third kappa shape index (κ3) is 3.73. The highest BCUT2D eigenvalue weighted by atomic mass is 16.5. The van der Waals surface area contributed by atoms with E-state index in [-0.39, 0.29) is 0 Å². The van der Waals surface area contributed by atoms with Crippen molar-refractivity contribution in [3.05, 3.63) is 41.9 Å². The average Bonchev–Trinajstić information content (AvgIpc) is 2.80. The number of anilines is 2. The summed E-state index contributed by atoms with van der Waals surface area (Å²) >= 11 is 0. The zero-order valence-electron chi connectivity index (χ0n) is 14.1. The summed E-state index contributed by atoms with van der Waals surface area (Å²) in [6.45, 7) is 8.04. The van der Waals surface area contributed by atoms with E-state index in [1.54, 1.807) is 7.11 Å². The van der Waals surface area contributed by atoms with E-state index in [0.29, 0.717) is 0 Å². The maximum Gasteiger partial charge on any atom is 0.132 e. The Morgan fingerprint density at radius 2 is 1.61 bits per heavy atom. The van der Waals surface area contributed by atoms with Crippen LogP contribution in [0.4, 0.5) is 11.5 Å². The van der Waals surface area contributed by atoms with Crippen LogP contribution in [0, 0.1) is 13.8 Å². The van der Waals surface area contributed by atoms with Crippen LogP contribution in [0.5, 0.6) is 5.75 Å². The molecular weight excluding hydrogens is 288 g/mol. The summed E-state index contributed by atoms with van der Waals surface area (Å²) in [6.07, 6.45) is 1.12. The molecule has 0 radical (unpaired) electrons. The average molecular weight is 312 g/mol. The quantitative estimate of drug-likeness (QED) is 0.872. The van der Waals surface area contributed by atoms with E-state index in [4.69, 9.17) is 4.74 Å². The maximum atomic E-state index is 5.24. The van der Waals surface area contributed by atoms with Gasteiger partial charge >= 0.3 is 0 Å². The van der Waals surface area contributed by atoms with Gasteiger partial charge in [0.1, 0.15) is 17.4 Å². The molecule has 3 rings (SSSR count). The van der Waals surface area contributed by atoms with E-state index in [1.807, 2.05) is 26.0 Å². The molecule has 1 saturated heterocycles. The lowest BCUT2D eigenvalue weighted by molar-refractivity contribution is 0.415. The van der Waals surface area contributed by atoms with Gasteiger partial charge in [-0.25, -0.2) is 9.97 Å². The number of aromatic nitrogens is 2. The summed E-state index contributed by atoms with van der Waals surface area (Å²) in [6, 6.07) is 10.4. The van der Waals surface area contributed by atoms with Gasteiger partial charge in [-0.1, -0.05) is 0 Å². The molecule has 0 unspecified atom stereocenters. The molecule has 0 bridgehead atoms. The number of aryl methyl sites for hydroxylation is 2. The summed E-state index contributed by atoms with van der Waals surface area (Å²) in [5.41, 5.74) is 2.28. The summed E-state index contributed by atoms with van der Waals surface area (Å²) in [4.78, 5) is 13.8. The van der Waals surface area contributed by atoms with Gasteiger partial charge in [0, 0.05) is 43.6 Å². The largest absolute Gasteiger partial charge is 0.497 e. The van der Waals surface area contributed by atoms with Gasteiger partial charge in [0.25, 0.3) is 0 Å². The first kappa shape index (κ1) is 15.6. The lowest BCUT2D eigenvalue weighted by Crippen LogP contribution is -2.31. The summed E-state index contributed by atoms with van der Waals surface area (Å²) in [5.74, 6) is 2.79. The second kappa shape index (κ2) is 6.86. The van der Waals surface area contributed by atoms with Gasteiger partial charge < -0.3 is 14.5 Å². The van der Waals surface area contributed by atoms with Crippen molar-refractivity contribution in [3.63, 3.8) is 0 Å². The Bertz CT molecular complexity index is 636. The van der Waals surface area contributed by atoms with Crippen molar-refractivity contribution in [2.24, 2.45) is 0 Å². The normalized spacial score (nSPS) is 15.4. The topological polar surface area (TPSA) is 41.5 Å². The van der Waals surface area contributed by atoms with E-state index in [0.717, 1.165) is 55.7 Å². The molecule has 1 aliphatic heterocycles. The molecule has 5 nitrogen and oxygen atoms in total. The van der Waals surface area contributed by atoms with Crippen molar-refractivity contribution in [2.75, 3.05) is 43.1 Å². The minimum absolute atomic E-state index is 0.844. The highest BCUT2D eigenvalue weighted by molar-refractivity contribution is 5.50. The second-order valence-corrected chi connectivity index (χ2v) is 5.94. The van der Waals surface area contributed by atoms with Crippen LogP contribution in [0.25, 0.3) is 0 Å². The number of hydrogen-bond acceptors (Lipinski definition) is 5. The lowest BCUT2D eigenvalue weighted by atomic mass is 10.2. The van der Waals surface area contributed by atoms with Crippen LogP contribution in [0.3, 0.4) is 0 Å². The molecule has 1 aromatic heterocycles. The minimum atomic E-state index is 0.844. The first-order valence-corrected chi connectivity index (χ1v) is 8.12. The van der Waals surface area contributed by atoms with Gasteiger partial charge in [0.2, 0.25) is 0 Å². The summed E-state index contributed by atoms with van der Waals surface area (Å²) in [7, 11) is 1.70. The van der Waals surface area contributed by atoms with Gasteiger partial charge in [0.05, 0.1) is 7.11 Å². The van der Waals surface area contributed by atoms with Gasteiger partial charge in [-0.2, -0.15) is 0 Å². The highest BCUT2D eigenvalue weighted by Crippen LogP contribution is 2.22. The molecule has 0 aliphatic carbocycles. The van der Waals surface area contributed by atoms with E-state index in [1.165, 1.54) is 5.69 Å². The standard InChI is InChI=1S/C18H24N4O/c1-14-13-18(20-15(2)19-14)22-10-4-9-21(11-12-22)16-5-7-17(23-3)8-6-16/h5-8,13H,4,9-12H2,1-3H3. The van der Waals surface area contributed by atoms with Crippen LogP contribution in [-0.2, 0) is 0 Å². The molecule has 1 aromatic carbocycles. The van der Waals surface area contributed by atoms with Crippen LogP contribution in [0.2, 0.25) is 0 Å². The highest BCUT2D eigenvalue weighted by Gasteiger charge is 2.17. The van der Waals surface area contributed by atoms with Crippen LogP contribution >= 0.6 is 0 Å². The van der Waals surface area contributed by atoms with Crippen molar-refractivity contribution in [1.29, 1.82) is 0 Å². The molecule has 5 heteroatoms. The molecule has 122 valence electrons. The molecular formula is C18H24N4O. The lowest BCUT2D eigenvalue weighted by Gasteiger charge is -2.24. The van der Waals surface area contributed by atoms with Gasteiger partial charge in [-0.05, 0) is 44.5 Å². The number of hydrogen-bond donors (Lipinski definition) is 0. The van der Waals surface area contributed by atoms with Crippen molar-refractivity contribution < 1.29 is 4.74 Å². The molecule has 23 heavy (non-hydrogen) atoms. The smallest absolute Gasteiger partial charge is 0.132 e. The number of rotatable bonds is 3. The molecule has 0 amide bonds. The molecule has 0 spiro atoms. The number of benzene rings is 1. The van der Waals surface area contributed by atoms with Gasteiger partial charge in [-0.15, -0.1) is 0 Å². The molecule has 0 N–H and O–H groups in total. The number of methoxy groups -OCH3 is 1. The zero-order chi connectivity index (χ0) is 16.2. The number of nitrogens with zero attached hydrogens (tertiary/aromatic N) is 4. The molecule has 1 aliphatic rings. The molecule has 2 aromatic rings. The maximum absolute atomic E-state index is 5.24. The molecule has 1 fully saturated rings. The molecule has 2 heterocycles. The van der Waals surface area contributed by atoms with E-state index < -0.39 is 0 Å². The van der Waals surface area contributed by atoms with Gasteiger partial charge in [-0.3, -0.25) is 0 Å². The Hall–Kier alpha value is -2.30. The fourth-order valence-corrected chi connectivity index (χ4v) is 3.06. The third-order valence-corrected chi connectivity index (χ3v) is 4.21. The minimum Gasteiger partial charge on any atom is -0.497 e. The van der Waals surface area contributed by atoms with Crippen molar-refractivity contribution >= 4 is 11.5 Å². The Kier molecular flexibility index (Phi) is 4.65. The van der Waals surface area contributed by atoms with Gasteiger partial charge in [0.15, 0.2) is 0 Å². The van der Waals surface area contributed by atoms with Crippen LogP contribution < -0.4 is 14.5 Å². The van der Waals surface area contributed by atoms with Crippen LogP contribution in [-0.4, -0.2) is 43.3 Å². The van der Waals surface area contributed by atoms with Crippen molar-refractivity contribution in [1.82, 2.24) is 9.97 Å². The first-order chi connectivity index (χ1) is 11.2. The molecule has 0 atom stereocenters. The fraction of sp³-hybridized carbons (Fsp3) is 0.444. The Morgan fingerprint density at radius 3 is 2.30 bits per heavy atom. The molecule has 0 saturated carbocycles. The summed E-state index contributed by atoms with van der Waals surface area (Å²) < 4.78 is 5.24. The SMILES string of the molecule is COc1ccc(N2CCCN(c3cc(C)nc(C)n3)CC2)cc1. The first-order valence-electron chi connectivity index (χ1n) is 8.12. The predicted molar refractivity (Wildman–Crippen MR) is 93.5 cm³/mol. The van der Waals surface area contributed by atoms with Crippen molar-refractivity contribution in [3.8, 4) is 5.75 Å². The predicted octanol–water partition coefficient (Wildman–Crippen LogP) is 2.82. The monoisotopic (exact) mass is 312 g/mol. The Labute approximate surface area is 137 Å². The van der Waals surface area contributed by atoms with Crippen molar-refractivity contribution in [2.45, 2.75) is 20.3 Å². The number of ether oxygens (including phenoxy) is 1. The zero-order valence-corrected chi connectivity index (χ0v) is 14.1. The van der Waals surface area contributed by atoms with E-state index >= 15 is 0 Å².